The molecule has 80 valence electrons. The summed E-state index contributed by atoms with van der Waals surface area (Å²) >= 11 is 5.69. The highest BCUT2D eigenvalue weighted by molar-refractivity contribution is 6.30. The Kier molecular flexibility index (Phi) is 4.87. The van der Waals surface area contributed by atoms with Crippen LogP contribution in [-0.4, -0.2) is 11.5 Å². The lowest BCUT2D eigenvalue weighted by atomic mass is 10.2. The number of azide groups is 1. The van der Waals surface area contributed by atoms with Crippen molar-refractivity contribution in [1.82, 2.24) is 4.98 Å². The van der Waals surface area contributed by atoms with E-state index < -0.39 is 0 Å². The summed E-state index contributed by atoms with van der Waals surface area (Å²) in [6.45, 7) is 0.416. The van der Waals surface area contributed by atoms with Crippen molar-refractivity contribution in [3.63, 3.8) is 0 Å². The quantitative estimate of drug-likeness (QED) is 0.263. The minimum absolute atomic E-state index is 0.203. The van der Waals surface area contributed by atoms with Crippen LogP contribution in [0.4, 0.5) is 0 Å². The van der Waals surface area contributed by atoms with Crippen LogP contribution in [0.5, 0.6) is 0 Å². The van der Waals surface area contributed by atoms with Gasteiger partial charge in [0.2, 0.25) is 0 Å². The van der Waals surface area contributed by atoms with Gasteiger partial charge in [-0.2, -0.15) is 5.26 Å². The van der Waals surface area contributed by atoms with Gasteiger partial charge < -0.3 is 0 Å². The lowest BCUT2D eigenvalue weighted by molar-refractivity contribution is 0.995. The normalized spacial score (nSPS) is 9.75. The summed E-state index contributed by atoms with van der Waals surface area (Å²) in [6, 6.07) is 3.60. The molecule has 0 amide bonds. The third kappa shape index (κ3) is 3.62. The van der Waals surface area contributed by atoms with Crippen LogP contribution in [0.25, 0.3) is 16.5 Å². The molecular weight excluding hydrogens is 226 g/mol. The van der Waals surface area contributed by atoms with Gasteiger partial charge in [-0.05, 0) is 23.6 Å². The smallest absolute Gasteiger partial charge is 0.146 e. The van der Waals surface area contributed by atoms with Gasteiger partial charge in [-0.25, -0.2) is 4.98 Å². The number of nitriles is 1. The first-order valence-corrected chi connectivity index (χ1v) is 4.88. The number of halogens is 1. The second-order valence-electron chi connectivity index (χ2n) is 2.86. The van der Waals surface area contributed by atoms with Crippen molar-refractivity contribution in [1.29, 1.82) is 5.26 Å². The van der Waals surface area contributed by atoms with Crippen molar-refractivity contribution in [2.75, 3.05) is 6.54 Å². The van der Waals surface area contributed by atoms with Crippen LogP contribution in [-0.2, 0) is 0 Å². The maximum Gasteiger partial charge on any atom is 0.146 e. The largest absolute Gasteiger partial charge is 0.243 e. The Labute approximate surface area is 97.6 Å². The summed E-state index contributed by atoms with van der Waals surface area (Å²) in [7, 11) is 0. The van der Waals surface area contributed by atoms with E-state index in [1.807, 2.05) is 12.1 Å². The molecule has 0 fully saturated rings. The molecule has 1 aromatic rings. The number of pyridine rings is 1. The van der Waals surface area contributed by atoms with Gasteiger partial charge in [0.25, 0.3) is 0 Å². The number of rotatable bonds is 4. The molecule has 16 heavy (non-hydrogen) atoms. The van der Waals surface area contributed by atoms with Gasteiger partial charge in [-0.1, -0.05) is 28.9 Å². The van der Waals surface area contributed by atoms with Crippen LogP contribution in [0.2, 0.25) is 5.15 Å². The van der Waals surface area contributed by atoms with Crippen molar-refractivity contribution >= 4 is 17.7 Å². The summed E-state index contributed by atoms with van der Waals surface area (Å²) in [5.41, 5.74) is 9.19. The first-order chi connectivity index (χ1) is 7.77. The summed E-state index contributed by atoms with van der Waals surface area (Å²) < 4.78 is 0. The molecule has 0 saturated heterocycles. The van der Waals surface area contributed by atoms with Gasteiger partial charge in [-0.3, -0.25) is 0 Å². The van der Waals surface area contributed by atoms with Crippen LogP contribution >= 0.6 is 11.6 Å². The SMILES string of the molecule is N#Cc1cc(C=CCCN=[N+]=[N-])cnc1Cl. The monoisotopic (exact) mass is 233 g/mol. The van der Waals surface area contributed by atoms with Crippen LogP contribution in [0, 0.1) is 11.3 Å². The summed E-state index contributed by atoms with van der Waals surface area (Å²) in [5.74, 6) is 0. The fourth-order valence-corrected chi connectivity index (χ4v) is 1.18. The lowest BCUT2D eigenvalue weighted by Gasteiger charge is -1.95. The molecule has 0 aliphatic rings. The van der Waals surface area contributed by atoms with Crippen LogP contribution in [0.1, 0.15) is 17.5 Å². The van der Waals surface area contributed by atoms with Crippen LogP contribution in [0.15, 0.2) is 23.5 Å². The molecule has 5 nitrogen and oxygen atoms in total. The van der Waals surface area contributed by atoms with Gasteiger partial charge in [0.05, 0.1) is 5.56 Å². The topological polar surface area (TPSA) is 85.4 Å². The van der Waals surface area contributed by atoms with Gasteiger partial charge in [0.15, 0.2) is 0 Å². The molecule has 0 atom stereocenters. The highest BCUT2D eigenvalue weighted by atomic mass is 35.5. The molecule has 0 aliphatic carbocycles. The molecule has 0 radical (unpaired) electrons. The zero-order valence-electron chi connectivity index (χ0n) is 8.34. The van der Waals surface area contributed by atoms with Crippen LogP contribution in [0.3, 0.4) is 0 Å². The Morgan fingerprint density at radius 2 is 2.50 bits per heavy atom. The Morgan fingerprint density at radius 3 is 3.19 bits per heavy atom. The van der Waals surface area contributed by atoms with E-state index in [-0.39, 0.29) is 5.15 Å². The summed E-state index contributed by atoms with van der Waals surface area (Å²) in [4.78, 5) is 6.51. The fourth-order valence-electron chi connectivity index (χ4n) is 1.03. The van der Waals surface area contributed by atoms with E-state index in [2.05, 4.69) is 15.0 Å². The number of hydrogen-bond acceptors (Lipinski definition) is 3. The van der Waals surface area contributed by atoms with Crippen molar-refractivity contribution in [2.45, 2.75) is 6.42 Å². The zero-order valence-corrected chi connectivity index (χ0v) is 9.09. The van der Waals surface area contributed by atoms with Gasteiger partial charge in [0, 0.05) is 17.7 Å². The number of nitrogens with zero attached hydrogens (tertiary/aromatic N) is 5. The molecule has 0 unspecified atom stereocenters. The predicted molar refractivity (Wildman–Crippen MR) is 61.6 cm³/mol. The fraction of sp³-hybridized carbons (Fsp3) is 0.200. The Hall–Kier alpha value is -2.02. The molecule has 0 aliphatic heterocycles. The minimum atomic E-state index is 0.203. The van der Waals surface area contributed by atoms with E-state index in [1.165, 1.54) is 0 Å². The van der Waals surface area contributed by atoms with E-state index in [0.29, 0.717) is 18.5 Å². The third-order valence-electron chi connectivity index (χ3n) is 1.75. The van der Waals surface area contributed by atoms with Crippen molar-refractivity contribution in [3.8, 4) is 6.07 Å². The maximum absolute atomic E-state index is 8.73. The maximum atomic E-state index is 8.73. The van der Waals surface area contributed by atoms with Crippen molar-refractivity contribution < 1.29 is 0 Å². The standard InChI is InChI=1S/C10H8ClN5/c11-10-9(6-12)5-8(7-14-10)3-1-2-4-15-16-13/h1,3,5,7H,2,4H2. The molecule has 0 bridgehead atoms. The first kappa shape index (κ1) is 12.1. The summed E-state index contributed by atoms with van der Waals surface area (Å²) in [5, 5.41) is 12.3. The third-order valence-corrected chi connectivity index (χ3v) is 2.05. The lowest BCUT2D eigenvalue weighted by Crippen LogP contribution is -1.84. The van der Waals surface area contributed by atoms with E-state index in [9.17, 15) is 0 Å². The average molecular weight is 234 g/mol. The molecule has 0 saturated carbocycles. The predicted octanol–water partition coefficient (Wildman–Crippen LogP) is 3.32. The Morgan fingerprint density at radius 1 is 1.69 bits per heavy atom. The number of hydrogen-bond donors (Lipinski definition) is 0. The molecule has 0 aromatic carbocycles. The minimum Gasteiger partial charge on any atom is -0.243 e. The van der Waals surface area contributed by atoms with E-state index in [4.69, 9.17) is 22.4 Å². The Bertz CT molecular complexity index is 482. The van der Waals surface area contributed by atoms with Crippen LogP contribution < -0.4 is 0 Å². The second-order valence-corrected chi connectivity index (χ2v) is 3.22. The molecule has 1 aromatic heterocycles. The zero-order chi connectivity index (χ0) is 11.8. The van der Waals surface area contributed by atoms with E-state index in [1.54, 1.807) is 18.3 Å². The van der Waals surface area contributed by atoms with Gasteiger partial charge >= 0.3 is 0 Å². The molecule has 1 heterocycles. The number of aromatic nitrogens is 1. The average Bonchev–Trinajstić information content (AvgIpc) is 2.31. The molecular formula is C10H8ClN5. The van der Waals surface area contributed by atoms with Gasteiger partial charge in [0.1, 0.15) is 11.2 Å². The molecule has 0 N–H and O–H groups in total. The summed E-state index contributed by atoms with van der Waals surface area (Å²) in [6.07, 6.45) is 5.87. The molecule has 1 rings (SSSR count). The highest BCUT2D eigenvalue weighted by Gasteiger charge is 1.99. The van der Waals surface area contributed by atoms with E-state index in [0.717, 1.165) is 5.56 Å². The first-order valence-electron chi connectivity index (χ1n) is 4.51. The second kappa shape index (κ2) is 6.46. The Balaban J connectivity index is 2.68. The highest BCUT2D eigenvalue weighted by Crippen LogP contribution is 2.14. The molecule has 6 heteroatoms. The van der Waals surface area contributed by atoms with Crippen molar-refractivity contribution in [3.05, 3.63) is 45.1 Å². The van der Waals surface area contributed by atoms with Gasteiger partial charge in [-0.15, -0.1) is 0 Å². The van der Waals surface area contributed by atoms with E-state index >= 15 is 0 Å². The molecule has 0 spiro atoms. The van der Waals surface area contributed by atoms with Crippen molar-refractivity contribution in [2.24, 2.45) is 5.11 Å².